The van der Waals surface area contributed by atoms with Crippen LogP contribution in [0.1, 0.15) is 12.5 Å². The third-order valence-corrected chi connectivity index (χ3v) is 2.34. The van der Waals surface area contributed by atoms with Crippen molar-refractivity contribution in [3.05, 3.63) is 29.8 Å². The Morgan fingerprint density at radius 1 is 1.47 bits per heavy atom. The van der Waals surface area contributed by atoms with Crippen molar-refractivity contribution in [3.63, 3.8) is 0 Å². The summed E-state index contributed by atoms with van der Waals surface area (Å²) in [6.07, 6.45) is 0.305. The highest BCUT2D eigenvalue weighted by Crippen LogP contribution is 2.21. The van der Waals surface area contributed by atoms with E-state index in [2.05, 4.69) is 0 Å². The molecule has 0 saturated heterocycles. The van der Waals surface area contributed by atoms with Crippen molar-refractivity contribution in [2.75, 3.05) is 13.7 Å². The van der Waals surface area contributed by atoms with Gasteiger partial charge in [-0.3, -0.25) is 4.79 Å². The largest absolute Gasteiger partial charge is 0.496 e. The standard InChI is InChI=1S/C13H15NO3/c1-3-17-13(15)11(9-14)8-10-6-4-5-7-12(10)16-2/h4-7,11H,3,8H2,1-2H3. The fourth-order valence-corrected chi connectivity index (χ4v) is 1.52. The number of para-hydroxylation sites is 1. The molecular weight excluding hydrogens is 218 g/mol. The van der Waals surface area contributed by atoms with Gasteiger partial charge in [0.25, 0.3) is 0 Å². The normalized spacial score (nSPS) is 11.4. The van der Waals surface area contributed by atoms with Crippen molar-refractivity contribution in [3.8, 4) is 11.8 Å². The van der Waals surface area contributed by atoms with Gasteiger partial charge in [0.1, 0.15) is 11.7 Å². The number of nitriles is 1. The number of nitrogens with zero attached hydrogens (tertiary/aromatic N) is 1. The van der Waals surface area contributed by atoms with Gasteiger partial charge in [-0.05, 0) is 18.6 Å². The molecule has 0 bridgehead atoms. The summed E-state index contributed by atoms with van der Waals surface area (Å²) < 4.78 is 10.0. The van der Waals surface area contributed by atoms with Crippen LogP contribution >= 0.6 is 0 Å². The maximum absolute atomic E-state index is 11.5. The molecular formula is C13H15NO3. The van der Waals surface area contributed by atoms with Gasteiger partial charge in [-0.25, -0.2) is 0 Å². The predicted molar refractivity (Wildman–Crippen MR) is 62.4 cm³/mol. The van der Waals surface area contributed by atoms with Gasteiger partial charge in [0.15, 0.2) is 0 Å². The van der Waals surface area contributed by atoms with E-state index in [1.807, 2.05) is 24.3 Å². The van der Waals surface area contributed by atoms with Gasteiger partial charge in [-0.15, -0.1) is 0 Å². The Kier molecular flexibility index (Phi) is 5.02. The van der Waals surface area contributed by atoms with Crippen LogP contribution < -0.4 is 4.74 Å². The highest BCUT2D eigenvalue weighted by atomic mass is 16.5. The molecule has 0 radical (unpaired) electrons. The van der Waals surface area contributed by atoms with Crippen LogP contribution in [-0.2, 0) is 16.0 Å². The molecule has 1 unspecified atom stereocenters. The monoisotopic (exact) mass is 233 g/mol. The molecule has 1 atom stereocenters. The van der Waals surface area contributed by atoms with Gasteiger partial charge >= 0.3 is 5.97 Å². The van der Waals surface area contributed by atoms with Gasteiger partial charge < -0.3 is 9.47 Å². The Labute approximate surface area is 101 Å². The summed E-state index contributed by atoms with van der Waals surface area (Å²) in [4.78, 5) is 11.5. The smallest absolute Gasteiger partial charge is 0.323 e. The number of rotatable bonds is 5. The lowest BCUT2D eigenvalue weighted by molar-refractivity contribution is -0.145. The number of methoxy groups -OCH3 is 1. The van der Waals surface area contributed by atoms with Crippen LogP contribution in [0.5, 0.6) is 5.75 Å². The second kappa shape index (κ2) is 6.54. The molecule has 90 valence electrons. The molecule has 4 heteroatoms. The first-order chi connectivity index (χ1) is 8.22. The SMILES string of the molecule is CCOC(=O)C(C#N)Cc1ccccc1OC. The first-order valence-corrected chi connectivity index (χ1v) is 5.41. The molecule has 0 N–H and O–H groups in total. The Morgan fingerprint density at radius 2 is 2.18 bits per heavy atom. The van der Waals surface area contributed by atoms with Crippen molar-refractivity contribution >= 4 is 5.97 Å². The Morgan fingerprint density at radius 3 is 2.76 bits per heavy atom. The van der Waals surface area contributed by atoms with Gasteiger partial charge in [-0.2, -0.15) is 5.26 Å². The molecule has 4 nitrogen and oxygen atoms in total. The van der Waals surface area contributed by atoms with Crippen molar-refractivity contribution in [1.29, 1.82) is 5.26 Å². The summed E-state index contributed by atoms with van der Waals surface area (Å²) in [5.74, 6) is -0.593. The molecule has 0 fully saturated rings. The average molecular weight is 233 g/mol. The summed E-state index contributed by atoms with van der Waals surface area (Å²) in [5.41, 5.74) is 0.828. The van der Waals surface area contributed by atoms with Crippen LogP contribution in [0, 0.1) is 17.2 Å². The van der Waals surface area contributed by atoms with Crippen LogP contribution in [0.15, 0.2) is 24.3 Å². The zero-order valence-corrected chi connectivity index (χ0v) is 9.97. The topological polar surface area (TPSA) is 59.3 Å². The minimum Gasteiger partial charge on any atom is -0.496 e. The third kappa shape index (κ3) is 3.49. The Bertz CT molecular complexity index is 423. The van der Waals surface area contributed by atoms with Crippen molar-refractivity contribution < 1.29 is 14.3 Å². The summed E-state index contributed by atoms with van der Waals surface area (Å²) in [6, 6.07) is 9.28. The van der Waals surface area contributed by atoms with Gasteiger partial charge in [-0.1, -0.05) is 18.2 Å². The number of carbonyl (C=O) groups is 1. The van der Waals surface area contributed by atoms with E-state index in [9.17, 15) is 4.79 Å². The van der Waals surface area contributed by atoms with Crippen LogP contribution in [-0.4, -0.2) is 19.7 Å². The van der Waals surface area contributed by atoms with E-state index in [0.717, 1.165) is 5.56 Å². The average Bonchev–Trinajstić information content (AvgIpc) is 2.36. The van der Waals surface area contributed by atoms with E-state index < -0.39 is 11.9 Å². The summed E-state index contributed by atoms with van der Waals surface area (Å²) >= 11 is 0. The van der Waals surface area contributed by atoms with E-state index in [1.165, 1.54) is 0 Å². The zero-order valence-electron chi connectivity index (χ0n) is 9.97. The number of ether oxygens (including phenoxy) is 2. The summed E-state index contributed by atoms with van der Waals surface area (Å²) in [5, 5.41) is 8.96. The minimum atomic E-state index is -0.786. The molecule has 1 aromatic carbocycles. The van der Waals surface area contributed by atoms with Gasteiger partial charge in [0.05, 0.1) is 19.8 Å². The number of hydrogen-bond acceptors (Lipinski definition) is 4. The molecule has 17 heavy (non-hydrogen) atoms. The first-order valence-electron chi connectivity index (χ1n) is 5.41. The molecule has 0 aliphatic rings. The van der Waals surface area contributed by atoms with Gasteiger partial charge in [0.2, 0.25) is 0 Å². The van der Waals surface area contributed by atoms with Crippen molar-refractivity contribution in [2.45, 2.75) is 13.3 Å². The van der Waals surface area contributed by atoms with E-state index in [1.54, 1.807) is 20.1 Å². The predicted octanol–water partition coefficient (Wildman–Crippen LogP) is 1.94. The molecule has 0 heterocycles. The van der Waals surface area contributed by atoms with E-state index in [-0.39, 0.29) is 6.61 Å². The second-order valence-electron chi connectivity index (χ2n) is 3.45. The van der Waals surface area contributed by atoms with Crippen LogP contribution in [0.4, 0.5) is 0 Å². The lowest BCUT2D eigenvalue weighted by Crippen LogP contribution is -2.18. The van der Waals surface area contributed by atoms with Crippen LogP contribution in [0.25, 0.3) is 0 Å². The maximum atomic E-state index is 11.5. The van der Waals surface area contributed by atoms with E-state index in [4.69, 9.17) is 14.7 Å². The second-order valence-corrected chi connectivity index (χ2v) is 3.45. The van der Waals surface area contributed by atoms with Crippen LogP contribution in [0.3, 0.4) is 0 Å². The lowest BCUT2D eigenvalue weighted by Gasteiger charge is -2.11. The molecule has 0 saturated carbocycles. The van der Waals surface area contributed by atoms with Crippen molar-refractivity contribution in [2.24, 2.45) is 5.92 Å². The van der Waals surface area contributed by atoms with E-state index >= 15 is 0 Å². The number of esters is 1. The number of hydrogen-bond donors (Lipinski definition) is 0. The quantitative estimate of drug-likeness (QED) is 0.729. The lowest BCUT2D eigenvalue weighted by atomic mass is 10.00. The molecule has 0 aliphatic heterocycles. The Balaban J connectivity index is 2.81. The molecule has 1 rings (SSSR count). The summed E-state index contributed by atoms with van der Waals surface area (Å²) in [7, 11) is 1.56. The zero-order chi connectivity index (χ0) is 12.7. The molecule has 0 aromatic heterocycles. The number of carbonyl (C=O) groups excluding carboxylic acids is 1. The fourth-order valence-electron chi connectivity index (χ4n) is 1.52. The van der Waals surface area contributed by atoms with E-state index in [0.29, 0.717) is 12.2 Å². The fraction of sp³-hybridized carbons (Fsp3) is 0.385. The summed E-state index contributed by atoms with van der Waals surface area (Å²) in [6.45, 7) is 2.00. The van der Waals surface area contributed by atoms with Crippen LogP contribution in [0.2, 0.25) is 0 Å². The highest BCUT2D eigenvalue weighted by Gasteiger charge is 2.21. The molecule has 0 aliphatic carbocycles. The highest BCUT2D eigenvalue weighted by molar-refractivity contribution is 5.75. The molecule has 0 amide bonds. The first kappa shape index (κ1) is 13.0. The molecule has 0 spiro atoms. The molecule has 1 aromatic rings. The minimum absolute atomic E-state index is 0.281. The van der Waals surface area contributed by atoms with Gasteiger partial charge in [0, 0.05) is 6.42 Å². The van der Waals surface area contributed by atoms with Crippen molar-refractivity contribution in [1.82, 2.24) is 0 Å². The Hall–Kier alpha value is -2.02. The maximum Gasteiger partial charge on any atom is 0.323 e. The number of benzene rings is 1. The third-order valence-electron chi connectivity index (χ3n) is 2.34.